The van der Waals surface area contributed by atoms with Crippen LogP contribution in [0.4, 0.5) is 50.9 Å². The van der Waals surface area contributed by atoms with E-state index >= 15 is 4.39 Å². The molecule has 18 heteroatoms. The summed E-state index contributed by atoms with van der Waals surface area (Å²) in [4.78, 5) is 26.6. The summed E-state index contributed by atoms with van der Waals surface area (Å²) < 4.78 is 123. The number of amides is 2. The first kappa shape index (κ1) is 39.2. The molecule has 0 radical (unpaired) electrons. The highest BCUT2D eigenvalue weighted by Gasteiger charge is 2.81. The second-order valence-electron chi connectivity index (χ2n) is 11.1. The van der Waals surface area contributed by atoms with Gasteiger partial charge in [0.1, 0.15) is 4.33 Å². The number of carbonyl (C=O) groups excluding carboxylic acids is 2. The fourth-order valence-corrected chi connectivity index (χ4v) is 6.98. The summed E-state index contributed by atoms with van der Waals surface area (Å²) in [5.74, 6) is -10.2. The van der Waals surface area contributed by atoms with Crippen molar-refractivity contribution in [2.75, 3.05) is 10.6 Å². The zero-order valence-corrected chi connectivity index (χ0v) is 28.6. The van der Waals surface area contributed by atoms with Crippen LogP contribution < -0.4 is 10.6 Å². The Morgan fingerprint density at radius 2 is 1.29 bits per heavy atom. The fraction of sp³-hybridized carbons (Fsp3) is 0.355. The molecule has 0 heterocycles. The maximum absolute atomic E-state index is 15.3. The Hall–Kier alpha value is -2.58. The molecule has 1 fully saturated rings. The monoisotopic (exact) mass is 800 g/mol. The second kappa shape index (κ2) is 13.5. The Labute approximate surface area is 298 Å². The normalized spacial score (nSPS) is 18.9. The lowest BCUT2D eigenvalue weighted by Gasteiger charge is -2.36. The number of anilines is 2. The van der Waals surface area contributed by atoms with E-state index < -0.39 is 57.5 Å². The Morgan fingerprint density at radius 3 is 1.76 bits per heavy atom. The van der Waals surface area contributed by atoms with Gasteiger partial charge in [-0.15, -0.1) is 23.2 Å². The Balaban J connectivity index is 1.65. The third kappa shape index (κ3) is 7.15. The van der Waals surface area contributed by atoms with E-state index in [0.717, 1.165) is 6.07 Å². The molecular formula is C31H22Cl5F9N2O2. The topological polar surface area (TPSA) is 58.2 Å². The van der Waals surface area contributed by atoms with E-state index in [9.17, 15) is 44.7 Å². The van der Waals surface area contributed by atoms with Crippen molar-refractivity contribution in [3.05, 3.63) is 91.4 Å². The van der Waals surface area contributed by atoms with Crippen LogP contribution in [0.5, 0.6) is 0 Å². The van der Waals surface area contributed by atoms with Crippen LogP contribution in [0.25, 0.3) is 0 Å². The highest BCUT2D eigenvalue weighted by atomic mass is 35.5. The molecule has 3 aromatic carbocycles. The van der Waals surface area contributed by atoms with Crippen LogP contribution in [0, 0.1) is 5.92 Å². The van der Waals surface area contributed by atoms with E-state index in [2.05, 4.69) is 10.6 Å². The number of aryl methyl sites for hydroxylation is 2. The molecule has 2 N–H and O–H groups in total. The predicted molar refractivity (Wildman–Crippen MR) is 170 cm³/mol. The number of halogens is 14. The number of rotatable bonds is 9. The average molecular weight is 803 g/mol. The molecule has 49 heavy (non-hydrogen) atoms. The Bertz CT molecular complexity index is 1750. The molecule has 1 aliphatic carbocycles. The van der Waals surface area contributed by atoms with E-state index in [4.69, 9.17) is 58.0 Å². The fourth-order valence-electron chi connectivity index (χ4n) is 5.40. The second-order valence-corrected chi connectivity index (χ2v) is 13.8. The predicted octanol–water partition coefficient (Wildman–Crippen LogP) is 11.5. The lowest BCUT2D eigenvalue weighted by Crippen LogP contribution is -2.59. The average Bonchev–Trinajstić information content (AvgIpc) is 3.57. The summed E-state index contributed by atoms with van der Waals surface area (Å²) in [6.45, 7) is 2.59. The van der Waals surface area contributed by atoms with Gasteiger partial charge in [-0.05, 0) is 78.1 Å². The van der Waals surface area contributed by atoms with Gasteiger partial charge in [-0.25, -0.2) is 4.39 Å². The molecule has 0 saturated heterocycles. The van der Waals surface area contributed by atoms with Gasteiger partial charge in [0.2, 0.25) is 5.91 Å². The van der Waals surface area contributed by atoms with Gasteiger partial charge >= 0.3 is 23.9 Å². The third-order valence-corrected chi connectivity index (χ3v) is 9.64. The summed E-state index contributed by atoms with van der Waals surface area (Å²) in [6.07, 6.45) is -14.3. The Morgan fingerprint density at radius 1 is 0.755 bits per heavy atom. The minimum Gasteiger partial charge on any atom is -0.326 e. The number of hydrogen-bond acceptors (Lipinski definition) is 2. The minimum absolute atomic E-state index is 0.0296. The van der Waals surface area contributed by atoms with Crippen LogP contribution in [0.3, 0.4) is 0 Å². The molecule has 266 valence electrons. The van der Waals surface area contributed by atoms with Gasteiger partial charge < -0.3 is 10.6 Å². The van der Waals surface area contributed by atoms with Gasteiger partial charge in [0.15, 0.2) is 0 Å². The standard InChI is InChI=1S/C31H22Cl5F9N2O2/c1-3-13-7-16(28(37,30(40,41)42)29(38,39)31(43,44)45)8-14(4-2)24(13)47-25(48)20-12-19(5-6-21(20)34)46-26(49)23-22(27(23,35)36)15-9-17(32)11-18(33)10-15/h5-12,22-23H,3-4H2,1-2H3,(H,46,49)(H,47,48)/t22-,23+,28?/m1/s1. The number of hydrogen-bond donors (Lipinski definition) is 2. The van der Waals surface area contributed by atoms with Gasteiger partial charge in [-0.2, -0.15) is 35.1 Å². The van der Waals surface area contributed by atoms with Crippen molar-refractivity contribution < 1.29 is 49.1 Å². The number of nitrogens with one attached hydrogen (secondary N) is 2. The van der Waals surface area contributed by atoms with Crippen LogP contribution in [0.1, 0.15) is 52.4 Å². The summed E-state index contributed by atoms with van der Waals surface area (Å²) in [6, 6.07) is 8.64. The van der Waals surface area contributed by atoms with E-state index in [1.165, 1.54) is 44.2 Å². The summed E-state index contributed by atoms with van der Waals surface area (Å²) in [7, 11) is 0. The molecular weight excluding hydrogens is 781 g/mol. The first-order chi connectivity index (χ1) is 22.4. The molecule has 4 rings (SSSR count). The van der Waals surface area contributed by atoms with Gasteiger partial charge in [-0.1, -0.05) is 48.7 Å². The first-order valence-corrected chi connectivity index (χ1v) is 15.9. The minimum atomic E-state index is -6.90. The molecule has 0 aromatic heterocycles. The van der Waals surface area contributed by atoms with Crippen molar-refractivity contribution >= 4 is 81.2 Å². The molecule has 1 aliphatic rings. The molecule has 1 saturated carbocycles. The van der Waals surface area contributed by atoms with Crippen LogP contribution in [0.15, 0.2) is 48.5 Å². The summed E-state index contributed by atoms with van der Waals surface area (Å²) in [5, 5.41) is 5.32. The van der Waals surface area contributed by atoms with Crippen molar-refractivity contribution in [2.45, 2.75) is 60.9 Å². The maximum atomic E-state index is 15.3. The third-order valence-electron chi connectivity index (χ3n) is 7.94. The van der Waals surface area contributed by atoms with Crippen molar-refractivity contribution in [2.24, 2.45) is 5.92 Å². The number of benzene rings is 3. The van der Waals surface area contributed by atoms with Crippen molar-refractivity contribution in [3.63, 3.8) is 0 Å². The number of carbonyl (C=O) groups is 2. The molecule has 4 nitrogen and oxygen atoms in total. The molecule has 3 aromatic rings. The molecule has 0 bridgehead atoms. The van der Waals surface area contributed by atoms with Crippen LogP contribution in [0.2, 0.25) is 15.1 Å². The van der Waals surface area contributed by atoms with Crippen LogP contribution >= 0.6 is 58.0 Å². The van der Waals surface area contributed by atoms with E-state index in [0.29, 0.717) is 5.56 Å². The van der Waals surface area contributed by atoms with Gasteiger partial charge in [0, 0.05) is 32.9 Å². The molecule has 2 amide bonds. The van der Waals surface area contributed by atoms with Crippen LogP contribution in [-0.4, -0.2) is 34.4 Å². The van der Waals surface area contributed by atoms with E-state index in [-0.39, 0.29) is 68.1 Å². The smallest absolute Gasteiger partial charge is 0.326 e. The molecule has 1 unspecified atom stereocenters. The van der Waals surface area contributed by atoms with Crippen molar-refractivity contribution in [1.29, 1.82) is 0 Å². The maximum Gasteiger partial charge on any atom is 0.457 e. The van der Waals surface area contributed by atoms with Gasteiger partial charge in [-0.3, -0.25) is 9.59 Å². The zero-order chi connectivity index (χ0) is 37.1. The largest absolute Gasteiger partial charge is 0.457 e. The van der Waals surface area contributed by atoms with Crippen molar-refractivity contribution in [3.8, 4) is 0 Å². The van der Waals surface area contributed by atoms with Gasteiger partial charge in [0.25, 0.3) is 5.91 Å². The van der Waals surface area contributed by atoms with Crippen LogP contribution in [-0.2, 0) is 23.3 Å². The lowest BCUT2D eigenvalue weighted by atomic mass is 9.84. The zero-order valence-electron chi connectivity index (χ0n) is 24.8. The molecule has 0 spiro atoms. The highest BCUT2D eigenvalue weighted by Crippen LogP contribution is 2.65. The molecule has 3 atom stereocenters. The van der Waals surface area contributed by atoms with E-state index in [1.54, 1.807) is 0 Å². The van der Waals surface area contributed by atoms with Crippen molar-refractivity contribution in [1.82, 2.24) is 0 Å². The number of alkyl halides is 11. The first-order valence-electron chi connectivity index (χ1n) is 14.0. The Kier molecular flexibility index (Phi) is 10.8. The quantitative estimate of drug-likeness (QED) is 0.167. The van der Waals surface area contributed by atoms with E-state index in [1.807, 2.05) is 0 Å². The lowest BCUT2D eigenvalue weighted by molar-refractivity contribution is -0.389. The SMILES string of the molecule is CCc1cc(C(F)(C(F)(F)F)C(F)(F)C(F)(F)F)cc(CC)c1NC(=O)c1cc(NC(=O)[C@@H]2[C@@H](c3cc(Cl)cc(Cl)c3)C2(Cl)Cl)ccc1Cl. The molecule has 0 aliphatic heterocycles. The highest BCUT2D eigenvalue weighted by molar-refractivity contribution is 6.53. The summed E-state index contributed by atoms with van der Waals surface area (Å²) >= 11 is 31.1. The summed E-state index contributed by atoms with van der Waals surface area (Å²) in [5.41, 5.74) is -8.95. The van der Waals surface area contributed by atoms with Gasteiger partial charge in [0.05, 0.1) is 16.5 Å².